The third-order valence-electron chi connectivity index (χ3n) is 4.04. The molecule has 0 radical (unpaired) electrons. The molecule has 1 aromatic rings. The van der Waals surface area contributed by atoms with Crippen molar-refractivity contribution in [1.29, 1.82) is 0 Å². The lowest BCUT2D eigenvalue weighted by Gasteiger charge is -2.32. The van der Waals surface area contributed by atoms with E-state index < -0.39 is 11.7 Å². The summed E-state index contributed by atoms with van der Waals surface area (Å²) in [6.45, 7) is 8.77. The summed E-state index contributed by atoms with van der Waals surface area (Å²) in [4.78, 5) is 36.7. The highest BCUT2D eigenvalue weighted by Crippen LogP contribution is 2.20. The summed E-state index contributed by atoms with van der Waals surface area (Å²) in [5.74, 6) is -0.138. The molecule has 1 aliphatic rings. The van der Waals surface area contributed by atoms with Gasteiger partial charge in [-0.25, -0.2) is 14.6 Å². The van der Waals surface area contributed by atoms with Gasteiger partial charge in [0.25, 0.3) is 0 Å². The summed E-state index contributed by atoms with van der Waals surface area (Å²) in [6, 6.07) is 9.51. The lowest BCUT2D eigenvalue weighted by molar-refractivity contribution is -0.285. The Bertz CT molecular complexity index is 694. The molecule has 7 nitrogen and oxygen atoms in total. The van der Waals surface area contributed by atoms with Crippen LogP contribution >= 0.6 is 0 Å². The molecule has 1 aromatic carbocycles. The van der Waals surface area contributed by atoms with Gasteiger partial charge in [-0.2, -0.15) is 0 Å². The van der Waals surface area contributed by atoms with Crippen molar-refractivity contribution in [3.8, 4) is 0 Å². The first-order valence-corrected chi connectivity index (χ1v) is 9.55. The highest BCUT2D eigenvalue weighted by Gasteiger charge is 2.28. The van der Waals surface area contributed by atoms with Crippen LogP contribution in [0.1, 0.15) is 39.7 Å². The topological polar surface area (TPSA) is 77.1 Å². The Kier molecular flexibility index (Phi) is 8.02. The standard InChI is InChI=1S/C21H30N2O5/c1-5-26-27-15-17-11-12-23(20(25)28-21(2,3)4)14-18(17)22-19(24)13-16-9-7-6-8-10-16/h6-10H,5,11-15H2,1-4H3,(H,22,24). The quantitative estimate of drug-likeness (QED) is 0.439. The molecule has 0 fully saturated rings. The second-order valence-electron chi connectivity index (χ2n) is 7.61. The number of benzene rings is 1. The lowest BCUT2D eigenvalue weighted by Crippen LogP contribution is -2.44. The lowest BCUT2D eigenvalue weighted by atomic mass is 10.1. The summed E-state index contributed by atoms with van der Waals surface area (Å²) >= 11 is 0. The van der Waals surface area contributed by atoms with Crippen LogP contribution in [0.2, 0.25) is 0 Å². The summed E-state index contributed by atoms with van der Waals surface area (Å²) in [6.07, 6.45) is 0.441. The minimum atomic E-state index is -0.574. The van der Waals surface area contributed by atoms with Gasteiger partial charge in [0.15, 0.2) is 0 Å². The van der Waals surface area contributed by atoms with E-state index in [0.717, 1.165) is 11.1 Å². The molecule has 0 aliphatic carbocycles. The number of carbonyl (C=O) groups is 2. The van der Waals surface area contributed by atoms with Crippen molar-refractivity contribution in [2.24, 2.45) is 0 Å². The Morgan fingerprint density at radius 1 is 1.14 bits per heavy atom. The Hall–Kier alpha value is -2.38. The van der Waals surface area contributed by atoms with Crippen LogP contribution in [0.5, 0.6) is 0 Å². The number of nitrogens with zero attached hydrogens (tertiary/aromatic N) is 1. The molecule has 28 heavy (non-hydrogen) atoms. The molecule has 0 unspecified atom stereocenters. The number of carbonyl (C=O) groups excluding carboxylic acids is 2. The fraction of sp³-hybridized carbons (Fsp3) is 0.524. The molecular weight excluding hydrogens is 360 g/mol. The second-order valence-corrected chi connectivity index (χ2v) is 7.61. The second kappa shape index (κ2) is 10.2. The molecule has 2 rings (SSSR count). The zero-order chi connectivity index (χ0) is 20.6. The molecule has 154 valence electrons. The van der Waals surface area contributed by atoms with E-state index in [1.165, 1.54) is 0 Å². The average molecular weight is 390 g/mol. The minimum absolute atomic E-state index is 0.138. The van der Waals surface area contributed by atoms with Crippen molar-refractivity contribution in [2.75, 3.05) is 26.3 Å². The van der Waals surface area contributed by atoms with Crippen LogP contribution in [0, 0.1) is 0 Å². The first-order chi connectivity index (χ1) is 13.3. The number of hydrogen-bond donors (Lipinski definition) is 1. The molecule has 1 aliphatic heterocycles. The molecular formula is C21H30N2O5. The summed E-state index contributed by atoms with van der Waals surface area (Å²) in [5.41, 5.74) is 1.93. The molecule has 2 amide bonds. The molecule has 1 heterocycles. The zero-order valence-electron chi connectivity index (χ0n) is 17.1. The first-order valence-electron chi connectivity index (χ1n) is 9.55. The van der Waals surface area contributed by atoms with Crippen molar-refractivity contribution in [2.45, 2.75) is 46.1 Å². The van der Waals surface area contributed by atoms with Gasteiger partial charge in [-0.05, 0) is 45.3 Å². The van der Waals surface area contributed by atoms with E-state index in [4.69, 9.17) is 14.5 Å². The molecule has 0 saturated heterocycles. The van der Waals surface area contributed by atoms with Gasteiger partial charge in [-0.15, -0.1) is 0 Å². The maximum atomic E-state index is 12.5. The monoisotopic (exact) mass is 390 g/mol. The summed E-state index contributed by atoms with van der Waals surface area (Å²) in [5, 5.41) is 2.95. The fourth-order valence-electron chi connectivity index (χ4n) is 2.76. The van der Waals surface area contributed by atoms with Gasteiger partial charge in [0.2, 0.25) is 5.91 Å². The summed E-state index contributed by atoms with van der Waals surface area (Å²) < 4.78 is 5.46. The van der Waals surface area contributed by atoms with Crippen LogP contribution in [0.4, 0.5) is 4.79 Å². The highest BCUT2D eigenvalue weighted by molar-refractivity contribution is 5.80. The Morgan fingerprint density at radius 2 is 1.86 bits per heavy atom. The Balaban J connectivity index is 2.07. The van der Waals surface area contributed by atoms with Crippen molar-refractivity contribution in [3.05, 3.63) is 47.2 Å². The van der Waals surface area contributed by atoms with Crippen molar-refractivity contribution in [3.63, 3.8) is 0 Å². The Labute approximate surface area is 166 Å². The SMILES string of the molecule is CCOOCC1=C(NC(=O)Cc2ccccc2)CN(C(=O)OC(C)(C)C)CC1. The van der Waals surface area contributed by atoms with Gasteiger partial charge in [-0.1, -0.05) is 30.3 Å². The van der Waals surface area contributed by atoms with E-state index in [0.29, 0.717) is 25.3 Å². The third-order valence-corrected chi connectivity index (χ3v) is 4.04. The maximum absolute atomic E-state index is 12.5. The van der Waals surface area contributed by atoms with Crippen molar-refractivity contribution in [1.82, 2.24) is 10.2 Å². The predicted molar refractivity (Wildman–Crippen MR) is 105 cm³/mol. The van der Waals surface area contributed by atoms with Crippen molar-refractivity contribution < 1.29 is 24.1 Å². The van der Waals surface area contributed by atoms with Gasteiger partial charge in [0, 0.05) is 12.2 Å². The van der Waals surface area contributed by atoms with Crippen LogP contribution in [-0.4, -0.2) is 48.8 Å². The maximum Gasteiger partial charge on any atom is 0.410 e. The van der Waals surface area contributed by atoms with Crippen LogP contribution in [-0.2, 0) is 25.7 Å². The zero-order valence-corrected chi connectivity index (χ0v) is 17.1. The molecule has 0 saturated carbocycles. The van der Waals surface area contributed by atoms with Gasteiger partial charge in [-0.3, -0.25) is 4.79 Å². The van der Waals surface area contributed by atoms with E-state index in [2.05, 4.69) is 5.32 Å². The predicted octanol–water partition coefficient (Wildman–Crippen LogP) is 3.21. The van der Waals surface area contributed by atoms with E-state index in [1.807, 2.05) is 58.0 Å². The highest BCUT2D eigenvalue weighted by atomic mass is 17.2. The van der Waals surface area contributed by atoms with E-state index in [-0.39, 0.29) is 25.5 Å². The summed E-state index contributed by atoms with van der Waals surface area (Å²) in [7, 11) is 0. The average Bonchev–Trinajstić information content (AvgIpc) is 2.62. The number of amides is 2. The van der Waals surface area contributed by atoms with Gasteiger partial charge < -0.3 is 15.0 Å². The smallest absolute Gasteiger partial charge is 0.410 e. The molecule has 0 spiro atoms. The fourth-order valence-corrected chi connectivity index (χ4v) is 2.76. The van der Waals surface area contributed by atoms with Gasteiger partial charge in [0.05, 0.1) is 19.6 Å². The van der Waals surface area contributed by atoms with Crippen LogP contribution in [0.15, 0.2) is 41.6 Å². The molecule has 1 N–H and O–H groups in total. The van der Waals surface area contributed by atoms with Gasteiger partial charge >= 0.3 is 6.09 Å². The number of hydrogen-bond acceptors (Lipinski definition) is 5. The van der Waals surface area contributed by atoms with E-state index in [9.17, 15) is 9.59 Å². The molecule has 0 atom stereocenters. The molecule has 0 bridgehead atoms. The normalized spacial score (nSPS) is 14.8. The number of nitrogens with one attached hydrogen (secondary N) is 1. The number of rotatable bonds is 7. The Morgan fingerprint density at radius 3 is 2.50 bits per heavy atom. The molecule has 7 heteroatoms. The largest absolute Gasteiger partial charge is 0.444 e. The van der Waals surface area contributed by atoms with Crippen LogP contribution in [0.3, 0.4) is 0 Å². The minimum Gasteiger partial charge on any atom is -0.444 e. The number of ether oxygens (including phenoxy) is 1. The van der Waals surface area contributed by atoms with Crippen LogP contribution in [0.25, 0.3) is 0 Å². The molecule has 0 aromatic heterocycles. The van der Waals surface area contributed by atoms with E-state index >= 15 is 0 Å². The van der Waals surface area contributed by atoms with Crippen LogP contribution < -0.4 is 5.32 Å². The van der Waals surface area contributed by atoms with Crippen molar-refractivity contribution >= 4 is 12.0 Å². The van der Waals surface area contributed by atoms with E-state index in [1.54, 1.807) is 4.90 Å². The first kappa shape index (κ1) is 21.9. The van der Waals surface area contributed by atoms with Gasteiger partial charge in [0.1, 0.15) is 12.2 Å². The third kappa shape index (κ3) is 7.32.